The minimum atomic E-state index is -1.14. The molecule has 1 aromatic carbocycles. The molecular formula is C14H22N2O2. The van der Waals surface area contributed by atoms with Crippen LogP contribution in [-0.2, 0) is 4.79 Å². The molecule has 4 nitrogen and oxygen atoms in total. The predicted octanol–water partition coefficient (Wildman–Crippen LogP) is 1.40. The third-order valence-corrected chi connectivity index (χ3v) is 3.10. The van der Waals surface area contributed by atoms with Gasteiger partial charge < -0.3 is 15.7 Å². The molecule has 0 saturated carbocycles. The molecule has 100 valence electrons. The summed E-state index contributed by atoms with van der Waals surface area (Å²) in [6, 6.07) is 6.03. The molecule has 0 bridgehead atoms. The average molecular weight is 250 g/mol. The van der Waals surface area contributed by atoms with Crippen molar-refractivity contribution >= 4 is 11.6 Å². The number of nitrogens with zero attached hydrogens (tertiary/aromatic N) is 1. The standard InChI is InChI=1S/C14H22N2O2/c1-9(2)11-6-5-10(3)12(7-11)16(4)14(18)13(17)8-15/h5-7,9,13,17H,8,15H2,1-4H3. The van der Waals surface area contributed by atoms with E-state index in [1.165, 1.54) is 4.90 Å². The molecule has 4 heteroatoms. The highest BCUT2D eigenvalue weighted by molar-refractivity contribution is 5.96. The average Bonchev–Trinajstić information content (AvgIpc) is 2.36. The zero-order valence-electron chi connectivity index (χ0n) is 11.5. The van der Waals surface area contributed by atoms with Crippen molar-refractivity contribution in [3.8, 4) is 0 Å². The maximum absolute atomic E-state index is 11.9. The first-order valence-electron chi connectivity index (χ1n) is 6.14. The monoisotopic (exact) mass is 250 g/mol. The molecule has 0 aromatic heterocycles. The summed E-state index contributed by atoms with van der Waals surface area (Å²) in [5.74, 6) is 0.0220. The smallest absolute Gasteiger partial charge is 0.256 e. The predicted molar refractivity (Wildman–Crippen MR) is 73.7 cm³/mol. The second kappa shape index (κ2) is 5.98. The molecule has 0 radical (unpaired) electrons. The number of rotatable bonds is 4. The Labute approximate surface area is 108 Å². The Balaban J connectivity index is 3.08. The van der Waals surface area contributed by atoms with Crippen molar-refractivity contribution in [3.63, 3.8) is 0 Å². The fourth-order valence-electron chi connectivity index (χ4n) is 1.79. The van der Waals surface area contributed by atoms with Crippen molar-refractivity contribution in [3.05, 3.63) is 29.3 Å². The summed E-state index contributed by atoms with van der Waals surface area (Å²) in [4.78, 5) is 13.4. The maximum atomic E-state index is 11.9. The molecular weight excluding hydrogens is 228 g/mol. The summed E-state index contributed by atoms with van der Waals surface area (Å²) >= 11 is 0. The summed E-state index contributed by atoms with van der Waals surface area (Å²) in [5.41, 5.74) is 8.29. The molecule has 18 heavy (non-hydrogen) atoms. The Hall–Kier alpha value is -1.39. The number of nitrogens with two attached hydrogens (primary N) is 1. The van der Waals surface area contributed by atoms with Gasteiger partial charge in [-0.05, 0) is 30.0 Å². The fourth-order valence-corrected chi connectivity index (χ4v) is 1.79. The molecule has 0 spiro atoms. The van der Waals surface area contributed by atoms with E-state index in [0.717, 1.165) is 16.8 Å². The largest absolute Gasteiger partial charge is 0.382 e. The first-order valence-corrected chi connectivity index (χ1v) is 6.14. The van der Waals surface area contributed by atoms with Crippen molar-refractivity contribution in [1.29, 1.82) is 0 Å². The zero-order valence-corrected chi connectivity index (χ0v) is 11.5. The van der Waals surface area contributed by atoms with Crippen LogP contribution in [-0.4, -0.2) is 30.7 Å². The van der Waals surface area contributed by atoms with E-state index >= 15 is 0 Å². The van der Waals surface area contributed by atoms with Crippen LogP contribution in [0.5, 0.6) is 0 Å². The summed E-state index contributed by atoms with van der Waals surface area (Å²) in [6.07, 6.45) is -1.14. The van der Waals surface area contributed by atoms with Crippen molar-refractivity contribution in [2.45, 2.75) is 32.8 Å². The maximum Gasteiger partial charge on any atom is 0.256 e. The lowest BCUT2D eigenvalue weighted by Gasteiger charge is -2.23. The minimum absolute atomic E-state index is 0.0634. The highest BCUT2D eigenvalue weighted by Crippen LogP contribution is 2.25. The number of amides is 1. The number of aryl methyl sites for hydroxylation is 1. The summed E-state index contributed by atoms with van der Waals surface area (Å²) in [5, 5.41) is 9.51. The number of hydrogen-bond donors (Lipinski definition) is 2. The van der Waals surface area contributed by atoms with Gasteiger partial charge in [-0.1, -0.05) is 26.0 Å². The van der Waals surface area contributed by atoms with Gasteiger partial charge in [-0.25, -0.2) is 0 Å². The number of carbonyl (C=O) groups is 1. The van der Waals surface area contributed by atoms with Gasteiger partial charge in [-0.15, -0.1) is 0 Å². The molecule has 0 aliphatic heterocycles. The van der Waals surface area contributed by atoms with E-state index in [1.54, 1.807) is 7.05 Å². The number of benzene rings is 1. The lowest BCUT2D eigenvalue weighted by molar-refractivity contribution is -0.125. The summed E-state index contributed by atoms with van der Waals surface area (Å²) < 4.78 is 0. The van der Waals surface area contributed by atoms with Crippen LogP contribution in [0.15, 0.2) is 18.2 Å². The number of carbonyl (C=O) groups excluding carboxylic acids is 1. The first-order chi connectivity index (χ1) is 8.38. The zero-order chi connectivity index (χ0) is 13.9. The highest BCUT2D eigenvalue weighted by Gasteiger charge is 2.20. The van der Waals surface area contributed by atoms with Crippen LogP contribution in [0.1, 0.15) is 30.9 Å². The SMILES string of the molecule is Cc1ccc(C(C)C)cc1N(C)C(=O)C(O)CN. The first kappa shape index (κ1) is 14.7. The molecule has 1 aromatic rings. The van der Waals surface area contributed by atoms with Gasteiger partial charge >= 0.3 is 0 Å². The van der Waals surface area contributed by atoms with E-state index in [2.05, 4.69) is 19.9 Å². The number of aliphatic hydroxyl groups excluding tert-OH is 1. The van der Waals surface area contributed by atoms with Gasteiger partial charge in [0.1, 0.15) is 6.10 Å². The van der Waals surface area contributed by atoms with Gasteiger partial charge in [-0.2, -0.15) is 0 Å². The lowest BCUT2D eigenvalue weighted by Crippen LogP contribution is -2.40. The van der Waals surface area contributed by atoms with Crippen LogP contribution in [0.2, 0.25) is 0 Å². The van der Waals surface area contributed by atoms with Gasteiger partial charge in [-0.3, -0.25) is 4.79 Å². The quantitative estimate of drug-likeness (QED) is 0.849. The Kier molecular flexibility index (Phi) is 4.87. The Bertz CT molecular complexity index is 430. The van der Waals surface area contributed by atoms with Gasteiger partial charge in [0.25, 0.3) is 5.91 Å². The lowest BCUT2D eigenvalue weighted by atomic mass is 10.00. The Morgan fingerprint density at radius 2 is 2.06 bits per heavy atom. The molecule has 0 aliphatic rings. The second-order valence-electron chi connectivity index (χ2n) is 4.85. The third kappa shape index (κ3) is 3.09. The van der Waals surface area contributed by atoms with E-state index in [9.17, 15) is 9.90 Å². The van der Waals surface area contributed by atoms with E-state index < -0.39 is 6.10 Å². The van der Waals surface area contributed by atoms with Crippen LogP contribution < -0.4 is 10.6 Å². The molecule has 1 amide bonds. The van der Waals surface area contributed by atoms with Crippen molar-refractivity contribution in [1.82, 2.24) is 0 Å². The van der Waals surface area contributed by atoms with Gasteiger partial charge in [0.2, 0.25) is 0 Å². The van der Waals surface area contributed by atoms with Crippen LogP contribution in [0.25, 0.3) is 0 Å². The summed E-state index contributed by atoms with van der Waals surface area (Å²) in [6.45, 7) is 6.08. The molecule has 1 unspecified atom stereocenters. The Morgan fingerprint density at radius 1 is 1.44 bits per heavy atom. The molecule has 0 fully saturated rings. The van der Waals surface area contributed by atoms with E-state index in [0.29, 0.717) is 5.92 Å². The molecule has 1 rings (SSSR count). The van der Waals surface area contributed by atoms with Crippen LogP contribution in [0.4, 0.5) is 5.69 Å². The van der Waals surface area contributed by atoms with Gasteiger partial charge in [0.15, 0.2) is 0 Å². The van der Waals surface area contributed by atoms with Gasteiger partial charge in [0.05, 0.1) is 0 Å². The fraction of sp³-hybridized carbons (Fsp3) is 0.500. The highest BCUT2D eigenvalue weighted by atomic mass is 16.3. The number of hydrogen-bond acceptors (Lipinski definition) is 3. The van der Waals surface area contributed by atoms with Crippen molar-refractivity contribution in [2.24, 2.45) is 5.73 Å². The Morgan fingerprint density at radius 3 is 2.56 bits per heavy atom. The summed E-state index contributed by atoms with van der Waals surface area (Å²) in [7, 11) is 1.66. The molecule has 1 atom stereocenters. The molecule has 0 heterocycles. The topological polar surface area (TPSA) is 66.6 Å². The van der Waals surface area contributed by atoms with Gasteiger partial charge in [0, 0.05) is 19.3 Å². The van der Waals surface area contributed by atoms with E-state index in [4.69, 9.17) is 5.73 Å². The molecule has 3 N–H and O–H groups in total. The molecule has 0 saturated heterocycles. The second-order valence-corrected chi connectivity index (χ2v) is 4.85. The molecule has 0 aliphatic carbocycles. The van der Waals surface area contributed by atoms with Crippen LogP contribution >= 0.6 is 0 Å². The normalized spacial score (nSPS) is 12.6. The van der Waals surface area contributed by atoms with E-state index in [1.807, 2.05) is 19.1 Å². The number of aliphatic hydroxyl groups is 1. The minimum Gasteiger partial charge on any atom is -0.382 e. The van der Waals surface area contributed by atoms with Crippen molar-refractivity contribution < 1.29 is 9.90 Å². The van der Waals surface area contributed by atoms with E-state index in [-0.39, 0.29) is 12.5 Å². The third-order valence-electron chi connectivity index (χ3n) is 3.10. The van der Waals surface area contributed by atoms with Crippen LogP contribution in [0.3, 0.4) is 0 Å². The van der Waals surface area contributed by atoms with Crippen molar-refractivity contribution in [2.75, 3.05) is 18.5 Å². The number of likely N-dealkylation sites (N-methyl/N-ethyl adjacent to an activating group) is 1. The number of anilines is 1. The van der Waals surface area contributed by atoms with Crippen LogP contribution in [0, 0.1) is 6.92 Å².